The van der Waals surface area contributed by atoms with Gasteiger partial charge in [0.05, 0.1) is 12.1 Å². The molecule has 0 unspecified atom stereocenters. The monoisotopic (exact) mass is 447 g/mol. The van der Waals surface area contributed by atoms with Crippen molar-refractivity contribution in [2.75, 3.05) is 37.6 Å². The second-order valence-electron chi connectivity index (χ2n) is 8.25. The zero-order chi connectivity index (χ0) is 21.9. The van der Waals surface area contributed by atoms with Gasteiger partial charge in [0.15, 0.2) is 0 Å². The smallest absolute Gasteiger partial charge is 0.204 e. The van der Waals surface area contributed by atoms with Crippen molar-refractivity contribution < 1.29 is 0 Å². The maximum absolute atomic E-state index is 6.13. The molecule has 2 aromatic carbocycles. The highest BCUT2D eigenvalue weighted by Crippen LogP contribution is 2.28. The second-order valence-corrected chi connectivity index (χ2v) is 8.69. The maximum Gasteiger partial charge on any atom is 0.204 e. The molecule has 1 aliphatic heterocycles. The number of piperazine rings is 1. The van der Waals surface area contributed by atoms with Gasteiger partial charge in [-0.1, -0.05) is 41.4 Å². The molecule has 7 nitrogen and oxygen atoms in total. The number of rotatable bonds is 6. The number of fused-ring (bicyclic) bond motifs is 1. The van der Waals surface area contributed by atoms with E-state index in [9.17, 15) is 0 Å². The fraction of sp³-hybridized carbons (Fsp3) is 0.333. The van der Waals surface area contributed by atoms with Crippen molar-refractivity contribution in [2.24, 2.45) is 0 Å². The molecule has 8 heteroatoms. The van der Waals surface area contributed by atoms with E-state index in [1.54, 1.807) is 4.80 Å². The largest absolute Gasteiger partial charge is 0.368 e. The van der Waals surface area contributed by atoms with Crippen LogP contribution in [0.2, 0.25) is 5.02 Å². The molecule has 0 N–H and O–H groups in total. The Hall–Kier alpha value is -3.03. The molecule has 32 heavy (non-hydrogen) atoms. The Labute approximate surface area is 192 Å². The number of anilines is 1. The number of pyridine rings is 1. The van der Waals surface area contributed by atoms with Crippen LogP contribution in [-0.2, 0) is 6.54 Å². The third kappa shape index (κ3) is 4.59. The first-order valence-corrected chi connectivity index (χ1v) is 11.4. The molecule has 0 aliphatic carbocycles. The van der Waals surface area contributed by atoms with E-state index in [1.807, 2.05) is 30.5 Å². The van der Waals surface area contributed by atoms with E-state index in [0.29, 0.717) is 5.82 Å². The molecule has 0 atom stereocenters. The van der Waals surface area contributed by atoms with Crippen LogP contribution in [0.5, 0.6) is 0 Å². The maximum atomic E-state index is 6.13. The van der Waals surface area contributed by atoms with Gasteiger partial charge < -0.3 is 4.90 Å². The summed E-state index contributed by atoms with van der Waals surface area (Å²) in [6.45, 7) is 7.95. The van der Waals surface area contributed by atoms with Crippen molar-refractivity contribution in [2.45, 2.75) is 19.9 Å². The number of halogens is 1. The fourth-order valence-corrected chi connectivity index (χ4v) is 4.35. The summed E-state index contributed by atoms with van der Waals surface area (Å²) in [5.41, 5.74) is 4.41. The number of aryl methyl sites for hydroxylation is 2. The van der Waals surface area contributed by atoms with Gasteiger partial charge >= 0.3 is 0 Å². The van der Waals surface area contributed by atoms with Crippen molar-refractivity contribution in [1.82, 2.24) is 30.1 Å². The molecular formula is C24H26ClN7. The van der Waals surface area contributed by atoms with Crippen molar-refractivity contribution in [3.63, 3.8) is 0 Å². The Morgan fingerprint density at radius 3 is 2.56 bits per heavy atom. The highest BCUT2D eigenvalue weighted by atomic mass is 35.5. The van der Waals surface area contributed by atoms with E-state index in [1.165, 1.54) is 11.3 Å². The normalized spacial score (nSPS) is 14.9. The lowest BCUT2D eigenvalue weighted by Crippen LogP contribution is -2.46. The standard InChI is InChI=1S/C24H26ClN7/c1-18-3-5-19(6-4-18)24-27-29-32(28-24)12-2-11-30-13-15-31(16-14-30)23-9-10-26-22-17-20(25)7-8-21(22)23/h3-10,17H,2,11-16H2,1H3. The molecule has 0 bridgehead atoms. The van der Waals surface area contributed by atoms with Crippen LogP contribution in [0.3, 0.4) is 0 Å². The molecule has 0 radical (unpaired) electrons. The molecule has 4 aromatic rings. The average molecular weight is 448 g/mol. The van der Waals surface area contributed by atoms with Gasteiger partial charge in [0.25, 0.3) is 0 Å². The zero-order valence-electron chi connectivity index (χ0n) is 18.2. The molecule has 1 saturated heterocycles. The van der Waals surface area contributed by atoms with Gasteiger partial charge in [-0.25, -0.2) is 0 Å². The number of hydrogen-bond donors (Lipinski definition) is 0. The Balaban J connectivity index is 1.13. The average Bonchev–Trinajstić information content (AvgIpc) is 3.28. The van der Waals surface area contributed by atoms with Crippen molar-refractivity contribution in [3.8, 4) is 11.4 Å². The molecule has 0 spiro atoms. The van der Waals surface area contributed by atoms with Gasteiger partial charge in [-0.05, 0) is 42.8 Å². The summed E-state index contributed by atoms with van der Waals surface area (Å²) < 4.78 is 0. The summed E-state index contributed by atoms with van der Waals surface area (Å²) in [7, 11) is 0. The van der Waals surface area contributed by atoms with Crippen molar-refractivity contribution in [1.29, 1.82) is 0 Å². The topological polar surface area (TPSA) is 63.0 Å². The number of nitrogens with zero attached hydrogens (tertiary/aromatic N) is 7. The predicted molar refractivity (Wildman–Crippen MR) is 128 cm³/mol. The predicted octanol–water partition coefficient (Wildman–Crippen LogP) is 4.06. The Morgan fingerprint density at radius 1 is 0.938 bits per heavy atom. The van der Waals surface area contributed by atoms with Gasteiger partial charge in [-0.3, -0.25) is 9.88 Å². The number of aromatic nitrogens is 5. The molecule has 1 fully saturated rings. The summed E-state index contributed by atoms with van der Waals surface area (Å²) in [6.07, 6.45) is 2.87. The Bertz CT molecular complexity index is 1200. The first-order chi connectivity index (χ1) is 15.7. The van der Waals surface area contributed by atoms with Gasteiger partial charge in [0.2, 0.25) is 5.82 Å². The quantitative estimate of drug-likeness (QED) is 0.444. The molecule has 5 rings (SSSR count). The number of hydrogen-bond acceptors (Lipinski definition) is 6. The molecule has 3 heterocycles. The van der Waals surface area contributed by atoms with Crippen molar-refractivity contribution >= 4 is 28.2 Å². The number of benzene rings is 2. The Morgan fingerprint density at radius 2 is 1.75 bits per heavy atom. The summed E-state index contributed by atoms with van der Waals surface area (Å²) in [5.74, 6) is 0.685. The van der Waals surface area contributed by atoms with E-state index in [2.05, 4.69) is 61.4 Å². The van der Waals surface area contributed by atoms with Crippen LogP contribution >= 0.6 is 11.6 Å². The summed E-state index contributed by atoms with van der Waals surface area (Å²) in [6, 6.07) is 16.3. The second kappa shape index (κ2) is 9.22. The molecule has 164 valence electrons. The van der Waals surface area contributed by atoms with Crippen molar-refractivity contribution in [3.05, 3.63) is 65.3 Å². The fourth-order valence-electron chi connectivity index (χ4n) is 4.19. The highest BCUT2D eigenvalue weighted by Gasteiger charge is 2.19. The van der Waals surface area contributed by atoms with E-state index >= 15 is 0 Å². The third-order valence-electron chi connectivity index (χ3n) is 5.99. The third-order valence-corrected chi connectivity index (χ3v) is 6.22. The van der Waals surface area contributed by atoms with Crippen LogP contribution in [0.25, 0.3) is 22.3 Å². The van der Waals surface area contributed by atoms with Crippen LogP contribution in [0.1, 0.15) is 12.0 Å². The number of tetrazole rings is 1. The molecule has 2 aromatic heterocycles. The molecule has 0 amide bonds. The summed E-state index contributed by atoms with van der Waals surface area (Å²) >= 11 is 6.13. The first kappa shape index (κ1) is 20.8. The lowest BCUT2D eigenvalue weighted by Gasteiger charge is -2.36. The lowest BCUT2D eigenvalue weighted by atomic mass is 10.1. The van der Waals surface area contributed by atoms with Gasteiger partial charge in [0.1, 0.15) is 0 Å². The van der Waals surface area contributed by atoms with Crippen LogP contribution in [0.4, 0.5) is 5.69 Å². The minimum absolute atomic E-state index is 0.685. The first-order valence-electron chi connectivity index (χ1n) is 11.0. The Kier molecular flexibility index (Phi) is 6.01. The van der Waals surface area contributed by atoms with Gasteiger partial charge in [-0.15, -0.1) is 10.2 Å². The van der Waals surface area contributed by atoms with Gasteiger partial charge in [0, 0.05) is 60.6 Å². The highest BCUT2D eigenvalue weighted by molar-refractivity contribution is 6.31. The molecular weight excluding hydrogens is 422 g/mol. The van der Waals surface area contributed by atoms with Crippen LogP contribution in [0.15, 0.2) is 54.7 Å². The minimum Gasteiger partial charge on any atom is -0.368 e. The molecule has 1 aliphatic rings. The SMILES string of the molecule is Cc1ccc(-c2nnn(CCCN3CCN(c4ccnc5cc(Cl)ccc45)CC3)n2)cc1. The minimum atomic E-state index is 0.685. The lowest BCUT2D eigenvalue weighted by molar-refractivity contribution is 0.247. The van der Waals surface area contributed by atoms with E-state index in [-0.39, 0.29) is 0 Å². The van der Waals surface area contributed by atoms with Crippen LogP contribution < -0.4 is 4.90 Å². The van der Waals surface area contributed by atoms with Crippen LogP contribution in [0, 0.1) is 6.92 Å². The van der Waals surface area contributed by atoms with E-state index in [0.717, 1.165) is 67.2 Å². The van der Waals surface area contributed by atoms with E-state index < -0.39 is 0 Å². The summed E-state index contributed by atoms with van der Waals surface area (Å²) in [4.78, 5) is 11.1. The molecule has 0 saturated carbocycles. The van der Waals surface area contributed by atoms with E-state index in [4.69, 9.17) is 11.6 Å². The van der Waals surface area contributed by atoms with Gasteiger partial charge in [-0.2, -0.15) is 4.80 Å². The van der Waals surface area contributed by atoms with Crippen LogP contribution in [-0.4, -0.2) is 62.8 Å². The summed E-state index contributed by atoms with van der Waals surface area (Å²) in [5, 5.41) is 14.8. The zero-order valence-corrected chi connectivity index (χ0v) is 18.9.